The molecule has 0 saturated heterocycles. The molecule has 0 heterocycles. The highest BCUT2D eigenvalue weighted by Gasteiger charge is 1.83. The van der Waals surface area contributed by atoms with Crippen molar-refractivity contribution in [3.05, 3.63) is 0 Å². The summed E-state index contributed by atoms with van der Waals surface area (Å²) < 4.78 is 0. The van der Waals surface area contributed by atoms with Crippen LogP contribution in [0.3, 0.4) is 0 Å². The molecule has 0 bridgehead atoms. The summed E-state index contributed by atoms with van der Waals surface area (Å²) in [5.74, 6) is 0. The summed E-state index contributed by atoms with van der Waals surface area (Å²) in [7, 11) is 0. The van der Waals surface area contributed by atoms with Crippen LogP contribution in [-0.2, 0) is 0 Å². The molecule has 0 aromatic heterocycles. The second-order valence-electron chi connectivity index (χ2n) is 2.35. The van der Waals surface area contributed by atoms with Crippen LogP contribution < -0.4 is 0 Å². The molecule has 0 aliphatic heterocycles. The summed E-state index contributed by atoms with van der Waals surface area (Å²) in [6.07, 6.45) is -2.95. The van der Waals surface area contributed by atoms with Crippen molar-refractivity contribution < 1.29 is 35.4 Å². The molecule has 14 heavy (non-hydrogen) atoms. The molecule has 7 heteroatoms. The number of aliphatic hydroxyl groups is 4. The third-order valence-electron chi connectivity index (χ3n) is 0.528. The van der Waals surface area contributed by atoms with Crippen LogP contribution in [0.1, 0.15) is 13.8 Å². The summed E-state index contributed by atoms with van der Waals surface area (Å²) in [6, 6.07) is 0. The highest BCUT2D eigenvalue weighted by molar-refractivity contribution is 5.53. The van der Waals surface area contributed by atoms with E-state index in [0.717, 1.165) is 0 Å². The Labute approximate surface area is 81.9 Å². The Morgan fingerprint density at radius 3 is 1.07 bits per heavy atom. The summed E-state index contributed by atoms with van der Waals surface area (Å²) in [6.45, 7) is 2.78. The minimum atomic E-state index is -1.83. The second kappa shape index (κ2) is 14.6. The predicted molar refractivity (Wildman–Crippen MR) is 48.2 cm³/mol. The van der Waals surface area contributed by atoms with Crippen molar-refractivity contribution in [3.63, 3.8) is 0 Å². The lowest BCUT2D eigenvalue weighted by Gasteiger charge is -1.90. The Bertz CT molecular complexity index is 101. The maximum absolute atomic E-state index is 8.56. The number of aliphatic hydroxyl groups excluding tert-OH is 4. The van der Waals surface area contributed by atoms with Gasteiger partial charge in [-0.15, -0.1) is 0 Å². The summed E-state index contributed by atoms with van der Waals surface area (Å²) in [5.41, 5.74) is 0. The van der Waals surface area contributed by atoms with Gasteiger partial charge in [-0.05, 0) is 13.8 Å². The van der Waals surface area contributed by atoms with Gasteiger partial charge in [0, 0.05) is 0 Å². The molecule has 6 N–H and O–H groups in total. The molecule has 0 aromatic rings. The van der Waals surface area contributed by atoms with Gasteiger partial charge < -0.3 is 30.6 Å². The number of hydrogen-bond acceptors (Lipinski definition) is 5. The van der Waals surface area contributed by atoms with E-state index in [9.17, 15) is 0 Å². The smallest absolute Gasteiger partial charge is 0.450 e. The van der Waals surface area contributed by atoms with E-state index in [1.807, 2.05) is 0 Å². The van der Waals surface area contributed by atoms with E-state index in [4.69, 9.17) is 35.4 Å². The molecule has 2 unspecified atom stereocenters. The van der Waals surface area contributed by atoms with Gasteiger partial charge in [0.2, 0.25) is 0 Å². The zero-order valence-corrected chi connectivity index (χ0v) is 8.16. The van der Waals surface area contributed by atoms with E-state index < -0.39 is 18.4 Å². The van der Waals surface area contributed by atoms with Gasteiger partial charge in [-0.3, -0.25) is 0 Å². The molecule has 0 rings (SSSR count). The molecule has 0 aliphatic carbocycles. The highest BCUT2D eigenvalue weighted by atomic mass is 16.6. The Hall–Kier alpha value is -0.890. The average Bonchev–Trinajstić information content (AvgIpc) is 2.04. The van der Waals surface area contributed by atoms with Crippen LogP contribution in [0.15, 0.2) is 0 Å². The van der Waals surface area contributed by atoms with Crippen molar-refractivity contribution in [2.75, 3.05) is 13.2 Å². The van der Waals surface area contributed by atoms with Gasteiger partial charge in [-0.2, -0.15) is 0 Å². The molecule has 88 valence electrons. The Kier molecular flexibility index (Phi) is 19.6. The zero-order valence-electron chi connectivity index (χ0n) is 8.16. The molecule has 2 atom stereocenters. The fraction of sp³-hybridized carbons (Fsp3) is 0.857. The van der Waals surface area contributed by atoms with Crippen molar-refractivity contribution in [2.24, 2.45) is 0 Å². The summed E-state index contributed by atoms with van der Waals surface area (Å²) in [5, 5.41) is 46.0. The zero-order chi connectivity index (χ0) is 12.1. The first kappa shape index (κ1) is 18.8. The van der Waals surface area contributed by atoms with Crippen LogP contribution in [0, 0.1) is 0 Å². The number of carboxylic acid groups (broad SMARTS) is 2. The molecule has 0 saturated carbocycles. The molecule has 7 nitrogen and oxygen atoms in total. The molecular weight excluding hydrogens is 196 g/mol. The van der Waals surface area contributed by atoms with Gasteiger partial charge in [0.15, 0.2) is 0 Å². The monoisotopic (exact) mass is 214 g/mol. The second-order valence-corrected chi connectivity index (χ2v) is 2.35. The third kappa shape index (κ3) is 117. The summed E-state index contributed by atoms with van der Waals surface area (Å²) >= 11 is 0. The van der Waals surface area contributed by atoms with Crippen LogP contribution in [0.4, 0.5) is 4.79 Å². The minimum absolute atomic E-state index is 0.139. The largest absolute Gasteiger partial charge is 0.503 e. The van der Waals surface area contributed by atoms with Gasteiger partial charge in [0.05, 0.1) is 25.4 Å². The van der Waals surface area contributed by atoms with Crippen LogP contribution in [0.25, 0.3) is 0 Å². The van der Waals surface area contributed by atoms with Crippen molar-refractivity contribution in [3.8, 4) is 0 Å². The lowest BCUT2D eigenvalue weighted by molar-refractivity contribution is 0.110. The standard InChI is InChI=1S/2C3H8O2.CH2O3/c2*1-3(5)2-4;2-1(3)4/h2*3-5H,2H2,1H3;(H2,2,3,4). The first-order valence-corrected chi connectivity index (χ1v) is 3.77. The normalized spacial score (nSPS) is 12.4. The first-order chi connectivity index (χ1) is 6.27. The predicted octanol–water partition coefficient (Wildman–Crippen LogP) is -1.06. The van der Waals surface area contributed by atoms with Gasteiger partial charge in [-0.25, -0.2) is 4.79 Å². The minimum Gasteiger partial charge on any atom is -0.450 e. The van der Waals surface area contributed by atoms with Crippen molar-refractivity contribution in [1.29, 1.82) is 0 Å². The average molecular weight is 214 g/mol. The van der Waals surface area contributed by atoms with Crippen LogP contribution in [-0.4, -0.2) is 62.2 Å². The maximum Gasteiger partial charge on any atom is 0.503 e. The van der Waals surface area contributed by atoms with E-state index in [2.05, 4.69) is 0 Å². The molecule has 0 fully saturated rings. The molecule has 0 aliphatic rings. The van der Waals surface area contributed by atoms with E-state index in [-0.39, 0.29) is 13.2 Å². The van der Waals surface area contributed by atoms with Gasteiger partial charge >= 0.3 is 6.16 Å². The lowest BCUT2D eigenvalue weighted by Crippen LogP contribution is -2.03. The number of hydrogen-bond donors (Lipinski definition) is 6. The Morgan fingerprint density at radius 1 is 1.00 bits per heavy atom. The van der Waals surface area contributed by atoms with E-state index in [1.54, 1.807) is 0 Å². The molecule has 0 radical (unpaired) electrons. The van der Waals surface area contributed by atoms with E-state index >= 15 is 0 Å². The molecule has 0 aromatic carbocycles. The number of carbonyl (C=O) groups is 1. The van der Waals surface area contributed by atoms with Crippen LogP contribution in [0.5, 0.6) is 0 Å². The molecule has 0 amide bonds. The summed E-state index contributed by atoms with van der Waals surface area (Å²) in [4.78, 5) is 8.56. The number of rotatable bonds is 2. The van der Waals surface area contributed by atoms with Gasteiger partial charge in [0.1, 0.15) is 0 Å². The fourth-order valence-electron chi connectivity index (χ4n) is 0. The van der Waals surface area contributed by atoms with Crippen molar-refractivity contribution >= 4 is 6.16 Å². The molecule has 0 spiro atoms. The highest BCUT2D eigenvalue weighted by Crippen LogP contribution is 1.69. The topological polar surface area (TPSA) is 138 Å². The van der Waals surface area contributed by atoms with Gasteiger partial charge in [0.25, 0.3) is 0 Å². The van der Waals surface area contributed by atoms with Crippen LogP contribution >= 0.6 is 0 Å². The van der Waals surface area contributed by atoms with Crippen molar-refractivity contribution in [1.82, 2.24) is 0 Å². The third-order valence-corrected chi connectivity index (χ3v) is 0.528. The fourth-order valence-corrected chi connectivity index (χ4v) is 0. The van der Waals surface area contributed by atoms with Gasteiger partial charge in [-0.1, -0.05) is 0 Å². The van der Waals surface area contributed by atoms with Crippen LogP contribution in [0.2, 0.25) is 0 Å². The SMILES string of the molecule is CC(O)CO.CC(O)CO.O=C(O)O. The lowest BCUT2D eigenvalue weighted by atomic mass is 10.5. The maximum atomic E-state index is 8.56. The van der Waals surface area contributed by atoms with Crippen molar-refractivity contribution in [2.45, 2.75) is 26.1 Å². The Morgan fingerprint density at radius 2 is 1.07 bits per heavy atom. The van der Waals surface area contributed by atoms with E-state index in [0.29, 0.717) is 0 Å². The Balaban J connectivity index is -0.000000131. The molecular formula is C7H18O7. The quantitative estimate of drug-likeness (QED) is 0.344. The first-order valence-electron chi connectivity index (χ1n) is 3.77. The van der Waals surface area contributed by atoms with E-state index in [1.165, 1.54) is 13.8 Å².